The first-order chi connectivity index (χ1) is 8.19. The summed E-state index contributed by atoms with van der Waals surface area (Å²) in [5.41, 5.74) is 0. The topological polar surface area (TPSA) is 61.8 Å². The summed E-state index contributed by atoms with van der Waals surface area (Å²) >= 11 is 0. The van der Waals surface area contributed by atoms with E-state index >= 15 is 0 Å². The van der Waals surface area contributed by atoms with Crippen LogP contribution in [-0.4, -0.2) is 61.4 Å². The van der Waals surface area contributed by atoms with Gasteiger partial charge in [-0.2, -0.15) is 0 Å². The van der Waals surface area contributed by atoms with Crippen molar-refractivity contribution in [2.24, 2.45) is 0 Å². The zero-order valence-corrected chi connectivity index (χ0v) is 10.8. The quantitative estimate of drug-likeness (QED) is 0.653. The fraction of sp³-hybridized carbons (Fsp3) is 0.917. The van der Waals surface area contributed by atoms with Crippen molar-refractivity contribution in [3.8, 4) is 0 Å². The Kier molecular flexibility index (Phi) is 6.47. The molecule has 1 fully saturated rings. The molecule has 0 aromatic carbocycles. The van der Waals surface area contributed by atoms with Gasteiger partial charge in [0.1, 0.15) is 6.04 Å². The molecule has 0 aromatic rings. The Bertz CT molecular complexity index is 230. The van der Waals surface area contributed by atoms with Crippen molar-refractivity contribution in [1.82, 2.24) is 10.2 Å². The number of carboxylic acids is 1. The van der Waals surface area contributed by atoms with Gasteiger partial charge in [0.2, 0.25) is 0 Å². The number of carbonyl (C=O) groups is 1. The van der Waals surface area contributed by atoms with Crippen molar-refractivity contribution < 1.29 is 14.6 Å². The lowest BCUT2D eigenvalue weighted by molar-refractivity contribution is -0.143. The van der Waals surface area contributed by atoms with E-state index in [1.54, 1.807) is 7.11 Å². The van der Waals surface area contributed by atoms with E-state index in [0.717, 1.165) is 19.5 Å². The zero-order chi connectivity index (χ0) is 12.7. The van der Waals surface area contributed by atoms with Crippen LogP contribution in [0, 0.1) is 0 Å². The predicted molar refractivity (Wildman–Crippen MR) is 66.2 cm³/mol. The maximum atomic E-state index is 11.2. The number of nitrogens with one attached hydrogen (secondary N) is 1. The van der Waals surface area contributed by atoms with E-state index in [1.807, 2.05) is 11.8 Å². The third-order valence-corrected chi connectivity index (χ3v) is 3.31. The second-order valence-electron chi connectivity index (χ2n) is 4.54. The fourth-order valence-corrected chi connectivity index (χ4v) is 2.37. The Balaban J connectivity index is 2.53. The van der Waals surface area contributed by atoms with Gasteiger partial charge in [0.25, 0.3) is 0 Å². The highest BCUT2D eigenvalue weighted by atomic mass is 16.5. The van der Waals surface area contributed by atoms with Crippen molar-refractivity contribution >= 4 is 5.97 Å². The molecule has 5 nitrogen and oxygen atoms in total. The first-order valence-electron chi connectivity index (χ1n) is 6.38. The van der Waals surface area contributed by atoms with Crippen LogP contribution in [-0.2, 0) is 9.53 Å². The lowest BCUT2D eigenvalue weighted by atomic mass is 10.1. The molecule has 0 amide bonds. The molecule has 1 rings (SSSR count). The van der Waals surface area contributed by atoms with Crippen molar-refractivity contribution in [3.63, 3.8) is 0 Å². The van der Waals surface area contributed by atoms with Gasteiger partial charge >= 0.3 is 5.97 Å². The normalized spacial score (nSPS) is 21.9. The Morgan fingerprint density at radius 3 is 2.88 bits per heavy atom. The highest BCUT2D eigenvalue weighted by Crippen LogP contribution is 2.11. The molecule has 1 saturated heterocycles. The molecule has 0 bridgehead atoms. The molecule has 0 radical (unpaired) electrons. The zero-order valence-electron chi connectivity index (χ0n) is 10.8. The number of ether oxygens (including phenoxy) is 1. The highest BCUT2D eigenvalue weighted by molar-refractivity contribution is 5.73. The number of rotatable bonds is 8. The van der Waals surface area contributed by atoms with E-state index in [2.05, 4.69) is 5.32 Å². The summed E-state index contributed by atoms with van der Waals surface area (Å²) in [6, 6.07) is 0.0350. The third-order valence-electron chi connectivity index (χ3n) is 3.31. The maximum absolute atomic E-state index is 11.2. The Labute approximate surface area is 103 Å². The average Bonchev–Trinajstić information content (AvgIpc) is 2.78. The molecular weight excluding hydrogens is 220 g/mol. The van der Waals surface area contributed by atoms with Gasteiger partial charge in [-0.3, -0.25) is 9.69 Å². The van der Waals surface area contributed by atoms with E-state index in [0.29, 0.717) is 25.6 Å². The lowest BCUT2D eigenvalue weighted by Gasteiger charge is -2.30. The van der Waals surface area contributed by atoms with E-state index in [9.17, 15) is 9.90 Å². The number of carboxylic acid groups (broad SMARTS) is 1. The molecule has 1 heterocycles. The monoisotopic (exact) mass is 244 g/mol. The van der Waals surface area contributed by atoms with Crippen LogP contribution in [0.1, 0.15) is 26.2 Å². The first-order valence-corrected chi connectivity index (χ1v) is 6.38. The number of nitrogens with zero attached hydrogens (tertiary/aromatic N) is 1. The Morgan fingerprint density at radius 2 is 2.41 bits per heavy atom. The molecule has 2 atom stereocenters. The molecular formula is C12H24N2O3. The lowest BCUT2D eigenvalue weighted by Crippen LogP contribution is -2.48. The van der Waals surface area contributed by atoms with Gasteiger partial charge in [-0.25, -0.2) is 0 Å². The van der Waals surface area contributed by atoms with E-state index < -0.39 is 12.0 Å². The van der Waals surface area contributed by atoms with Crippen LogP contribution in [0.4, 0.5) is 0 Å². The summed E-state index contributed by atoms with van der Waals surface area (Å²) in [6.45, 7) is 5.03. The average molecular weight is 244 g/mol. The van der Waals surface area contributed by atoms with Gasteiger partial charge in [0, 0.05) is 26.2 Å². The molecule has 2 N–H and O–H groups in total. The molecule has 17 heavy (non-hydrogen) atoms. The van der Waals surface area contributed by atoms with Crippen LogP contribution in [0.15, 0.2) is 0 Å². The molecule has 0 spiro atoms. The van der Waals surface area contributed by atoms with Gasteiger partial charge in [-0.1, -0.05) is 6.92 Å². The summed E-state index contributed by atoms with van der Waals surface area (Å²) < 4.78 is 5.06. The van der Waals surface area contributed by atoms with Crippen LogP contribution < -0.4 is 5.32 Å². The molecule has 0 saturated carbocycles. The summed E-state index contributed by atoms with van der Waals surface area (Å²) in [7, 11) is 1.65. The summed E-state index contributed by atoms with van der Waals surface area (Å²) in [6.07, 6.45) is 2.96. The van der Waals surface area contributed by atoms with Crippen molar-refractivity contribution in [3.05, 3.63) is 0 Å². The molecule has 1 aliphatic rings. The standard InChI is InChI=1S/C12H24N2O3/c1-3-11(12(15)16)14(7-8-17-2)9-10-5-4-6-13-10/h10-11,13H,3-9H2,1-2H3,(H,15,16). The van der Waals surface area contributed by atoms with E-state index in [1.165, 1.54) is 6.42 Å². The number of hydrogen-bond donors (Lipinski definition) is 2. The van der Waals surface area contributed by atoms with Gasteiger partial charge in [-0.05, 0) is 25.8 Å². The van der Waals surface area contributed by atoms with Gasteiger partial charge < -0.3 is 15.2 Å². The maximum Gasteiger partial charge on any atom is 0.320 e. The van der Waals surface area contributed by atoms with Gasteiger partial charge in [-0.15, -0.1) is 0 Å². The van der Waals surface area contributed by atoms with Crippen LogP contribution in [0.2, 0.25) is 0 Å². The molecule has 0 aliphatic carbocycles. The highest BCUT2D eigenvalue weighted by Gasteiger charge is 2.26. The largest absolute Gasteiger partial charge is 0.480 e. The smallest absolute Gasteiger partial charge is 0.320 e. The van der Waals surface area contributed by atoms with Crippen molar-refractivity contribution in [2.45, 2.75) is 38.3 Å². The summed E-state index contributed by atoms with van der Waals surface area (Å²) in [5, 5.41) is 12.6. The number of methoxy groups -OCH3 is 1. The minimum absolute atomic E-state index is 0.396. The molecule has 100 valence electrons. The fourth-order valence-electron chi connectivity index (χ4n) is 2.37. The molecule has 2 unspecified atom stereocenters. The second kappa shape index (κ2) is 7.63. The van der Waals surface area contributed by atoms with Crippen LogP contribution in [0.3, 0.4) is 0 Å². The van der Waals surface area contributed by atoms with Gasteiger partial charge in [0.15, 0.2) is 0 Å². The minimum Gasteiger partial charge on any atom is -0.480 e. The van der Waals surface area contributed by atoms with Crippen LogP contribution in [0.25, 0.3) is 0 Å². The summed E-state index contributed by atoms with van der Waals surface area (Å²) in [5.74, 6) is -0.735. The van der Waals surface area contributed by atoms with Crippen LogP contribution >= 0.6 is 0 Å². The molecule has 5 heteroatoms. The minimum atomic E-state index is -0.735. The van der Waals surface area contributed by atoms with Crippen molar-refractivity contribution in [1.29, 1.82) is 0 Å². The molecule has 1 aliphatic heterocycles. The van der Waals surface area contributed by atoms with Crippen LogP contribution in [0.5, 0.6) is 0 Å². The third kappa shape index (κ3) is 4.61. The van der Waals surface area contributed by atoms with Gasteiger partial charge in [0.05, 0.1) is 6.61 Å². The van der Waals surface area contributed by atoms with E-state index in [-0.39, 0.29) is 0 Å². The number of hydrogen-bond acceptors (Lipinski definition) is 4. The molecule has 0 aromatic heterocycles. The van der Waals surface area contributed by atoms with E-state index in [4.69, 9.17) is 4.74 Å². The predicted octanol–water partition coefficient (Wildman–Crippen LogP) is 0.550. The first kappa shape index (κ1) is 14.4. The Hall–Kier alpha value is -0.650. The second-order valence-corrected chi connectivity index (χ2v) is 4.54. The number of aliphatic carboxylic acids is 1. The SMILES string of the molecule is CCC(C(=O)O)N(CCOC)CC1CCCN1. The summed E-state index contributed by atoms with van der Waals surface area (Å²) in [4.78, 5) is 13.2. The Morgan fingerprint density at radius 1 is 1.65 bits per heavy atom. The van der Waals surface area contributed by atoms with Crippen molar-refractivity contribution in [2.75, 3.05) is 33.4 Å².